The molecule has 18 heteroatoms. The van der Waals surface area contributed by atoms with Crippen molar-refractivity contribution in [3.63, 3.8) is 0 Å². The third-order valence-electron chi connectivity index (χ3n) is 6.83. The molecule has 48 heavy (non-hydrogen) atoms. The second-order valence-corrected chi connectivity index (χ2v) is 10.6. The number of unbranched alkanes of at least 4 members (excludes halogenated alkanes) is 1. The van der Waals surface area contributed by atoms with Crippen LogP contribution < -0.4 is 38.1 Å². The van der Waals surface area contributed by atoms with E-state index in [0.717, 1.165) is 0 Å². The number of carbonyl (C=O) groups excluding carboxylic acids is 5. The van der Waals surface area contributed by atoms with E-state index in [9.17, 15) is 38.7 Å². The van der Waals surface area contributed by atoms with Crippen LogP contribution in [0.3, 0.4) is 0 Å². The fourth-order valence-corrected chi connectivity index (χ4v) is 4.14. The topological polar surface area (TPSA) is 291 Å². The number of ether oxygens (including phenoxy) is 2. The molecule has 18 nitrogen and oxygen atoms in total. The number of amides is 5. The lowest BCUT2D eigenvalue weighted by molar-refractivity contribution is -0.143. The summed E-state index contributed by atoms with van der Waals surface area (Å²) in [7, 11) is 1.43. The van der Waals surface area contributed by atoms with Crippen LogP contribution in [0.1, 0.15) is 55.3 Å². The second kappa shape index (κ2) is 23.5. The van der Waals surface area contributed by atoms with Gasteiger partial charge < -0.3 is 57.7 Å². The Morgan fingerprint density at radius 2 is 1.31 bits per heavy atom. The van der Waals surface area contributed by atoms with Crippen molar-refractivity contribution in [2.24, 2.45) is 5.73 Å². The highest BCUT2D eigenvalue weighted by Gasteiger charge is 2.23. The van der Waals surface area contributed by atoms with Crippen LogP contribution in [0.25, 0.3) is 0 Å². The Morgan fingerprint density at radius 3 is 1.94 bits per heavy atom. The monoisotopic (exact) mass is 681 g/mol. The number of nitrogen functional groups attached to an aromatic ring is 1. The summed E-state index contributed by atoms with van der Waals surface area (Å²) in [6.45, 7) is 0.428. The van der Waals surface area contributed by atoms with Gasteiger partial charge in [0.05, 0.1) is 19.8 Å². The third kappa shape index (κ3) is 18.4. The molecule has 268 valence electrons. The summed E-state index contributed by atoms with van der Waals surface area (Å²) in [6.07, 6.45) is 0.775. The van der Waals surface area contributed by atoms with Crippen LogP contribution in [-0.2, 0) is 38.2 Å². The number of carboxylic acid groups (broad SMARTS) is 2. The number of nitrogens with one attached hydrogen (secondary N) is 5. The van der Waals surface area contributed by atoms with E-state index in [1.807, 2.05) is 0 Å². The van der Waals surface area contributed by atoms with Gasteiger partial charge >= 0.3 is 11.9 Å². The molecule has 1 aromatic rings. The second-order valence-electron chi connectivity index (χ2n) is 10.6. The van der Waals surface area contributed by atoms with Gasteiger partial charge in [-0.1, -0.05) is 0 Å². The van der Waals surface area contributed by atoms with Gasteiger partial charge in [-0.3, -0.25) is 28.8 Å². The standard InChI is InChI=1S/C30H47N7O11/c1-33-22(29(43)44)9-12-25(39)37-23(30(45)46)10-11-24(38)34-14-15-47-16-17-48-18-26(40)36-21(27(32)41)4-2-3-13-35-28(42)19-5-7-20(31)8-6-19/h5-8,21-23,33H,2-4,9-18,31H2,1H3,(H2,32,41)(H,34,38)(H,35,42)(H,36,40)(H,37,39)(H,43,44)(H,45,46). The smallest absolute Gasteiger partial charge is 0.326 e. The quantitative estimate of drug-likeness (QED) is 0.0382. The Bertz CT molecular complexity index is 1210. The van der Waals surface area contributed by atoms with Crippen molar-refractivity contribution >= 4 is 47.2 Å². The molecule has 0 aromatic heterocycles. The molecule has 0 radical (unpaired) electrons. The van der Waals surface area contributed by atoms with Crippen LogP contribution in [0.5, 0.6) is 0 Å². The normalized spacial score (nSPS) is 12.6. The van der Waals surface area contributed by atoms with Crippen LogP contribution in [0.15, 0.2) is 24.3 Å². The van der Waals surface area contributed by atoms with Gasteiger partial charge in [0, 0.05) is 37.2 Å². The van der Waals surface area contributed by atoms with E-state index in [-0.39, 0.29) is 71.0 Å². The minimum atomic E-state index is -1.32. The molecule has 1 aromatic carbocycles. The Kier molecular flexibility index (Phi) is 20.2. The van der Waals surface area contributed by atoms with E-state index >= 15 is 0 Å². The van der Waals surface area contributed by atoms with Crippen LogP contribution in [0.2, 0.25) is 0 Å². The molecule has 0 bridgehead atoms. The van der Waals surface area contributed by atoms with Gasteiger partial charge in [0.1, 0.15) is 24.7 Å². The van der Waals surface area contributed by atoms with Crippen molar-refractivity contribution in [2.45, 2.75) is 63.1 Å². The number of hydrogen-bond donors (Lipinski definition) is 9. The lowest BCUT2D eigenvalue weighted by Crippen LogP contribution is -2.45. The van der Waals surface area contributed by atoms with Crippen LogP contribution in [-0.4, -0.2) is 116 Å². The van der Waals surface area contributed by atoms with Gasteiger partial charge in [-0.05, 0) is 63.4 Å². The number of likely N-dealkylation sites (N-methyl/N-ethyl adjacent to an activating group) is 1. The third-order valence-corrected chi connectivity index (χ3v) is 6.83. The maximum Gasteiger partial charge on any atom is 0.326 e. The zero-order chi connectivity index (χ0) is 35.9. The molecule has 3 unspecified atom stereocenters. The molecule has 0 heterocycles. The van der Waals surface area contributed by atoms with E-state index in [2.05, 4.69) is 26.6 Å². The maximum absolute atomic E-state index is 12.2. The average molecular weight is 682 g/mol. The number of rotatable bonds is 26. The van der Waals surface area contributed by atoms with Crippen molar-refractivity contribution < 1.29 is 53.2 Å². The van der Waals surface area contributed by atoms with E-state index in [1.54, 1.807) is 24.3 Å². The number of aliphatic carboxylic acids is 2. The van der Waals surface area contributed by atoms with Crippen molar-refractivity contribution in [1.82, 2.24) is 26.6 Å². The summed E-state index contributed by atoms with van der Waals surface area (Å²) in [6, 6.07) is 3.33. The largest absolute Gasteiger partial charge is 0.480 e. The molecule has 0 fully saturated rings. The predicted octanol–water partition coefficient (Wildman–Crippen LogP) is -1.91. The maximum atomic E-state index is 12.2. The molecule has 11 N–H and O–H groups in total. The van der Waals surface area contributed by atoms with Crippen molar-refractivity contribution in [3.05, 3.63) is 29.8 Å². The fraction of sp³-hybridized carbons (Fsp3) is 0.567. The first kappa shape index (κ1) is 41.2. The molecule has 0 aliphatic heterocycles. The summed E-state index contributed by atoms with van der Waals surface area (Å²) < 4.78 is 10.6. The van der Waals surface area contributed by atoms with Gasteiger partial charge in [0.2, 0.25) is 23.6 Å². The van der Waals surface area contributed by atoms with Gasteiger partial charge in [-0.15, -0.1) is 0 Å². The minimum absolute atomic E-state index is 0.0314. The Hall–Kier alpha value is -4.81. The van der Waals surface area contributed by atoms with Crippen molar-refractivity contribution in [2.75, 3.05) is 52.3 Å². The van der Waals surface area contributed by atoms with Crippen LogP contribution in [0, 0.1) is 0 Å². The average Bonchev–Trinajstić information content (AvgIpc) is 3.03. The van der Waals surface area contributed by atoms with Crippen molar-refractivity contribution in [1.29, 1.82) is 0 Å². The SMILES string of the molecule is CNC(CCC(=O)NC(CCC(=O)NCCOCCOCC(=O)NC(CCCCNC(=O)c1ccc(N)cc1)C(N)=O)C(=O)O)C(=O)O. The number of nitrogens with two attached hydrogens (primary N) is 2. The molecule has 0 aliphatic carbocycles. The van der Waals surface area contributed by atoms with Crippen LogP contribution in [0.4, 0.5) is 5.69 Å². The first-order valence-corrected chi connectivity index (χ1v) is 15.4. The Labute approximate surface area is 278 Å². The zero-order valence-corrected chi connectivity index (χ0v) is 27.0. The number of primary amides is 1. The number of carboxylic acids is 2. The molecule has 0 spiro atoms. The Balaban J connectivity index is 2.15. The van der Waals surface area contributed by atoms with Gasteiger partial charge in [0.15, 0.2) is 0 Å². The first-order valence-electron chi connectivity index (χ1n) is 15.4. The summed E-state index contributed by atoms with van der Waals surface area (Å²) in [4.78, 5) is 82.5. The lowest BCUT2D eigenvalue weighted by atomic mass is 10.1. The summed E-state index contributed by atoms with van der Waals surface area (Å²) in [5.41, 5.74) is 12.0. The minimum Gasteiger partial charge on any atom is -0.480 e. The van der Waals surface area contributed by atoms with Crippen LogP contribution >= 0.6 is 0 Å². The van der Waals surface area contributed by atoms with Gasteiger partial charge in [-0.2, -0.15) is 0 Å². The fourth-order valence-electron chi connectivity index (χ4n) is 4.14. The molecule has 1 rings (SSSR count). The molecule has 5 amide bonds. The van der Waals surface area contributed by atoms with E-state index in [4.69, 9.17) is 26.0 Å². The number of hydrogen-bond acceptors (Lipinski definition) is 11. The number of anilines is 1. The summed E-state index contributed by atoms with van der Waals surface area (Å²) in [5, 5.41) is 31.0. The van der Waals surface area contributed by atoms with E-state index < -0.39 is 53.7 Å². The molecule has 0 saturated heterocycles. The zero-order valence-electron chi connectivity index (χ0n) is 27.0. The molecule has 3 atom stereocenters. The highest BCUT2D eigenvalue weighted by molar-refractivity contribution is 5.94. The van der Waals surface area contributed by atoms with Gasteiger partial charge in [0.25, 0.3) is 5.91 Å². The molecule has 0 saturated carbocycles. The number of benzene rings is 1. The summed E-state index contributed by atoms with van der Waals surface area (Å²) in [5.74, 6) is -5.04. The molecular weight excluding hydrogens is 634 g/mol. The first-order chi connectivity index (χ1) is 22.8. The van der Waals surface area contributed by atoms with Gasteiger partial charge in [-0.25, -0.2) is 4.79 Å². The predicted molar refractivity (Wildman–Crippen MR) is 171 cm³/mol. The lowest BCUT2D eigenvalue weighted by Gasteiger charge is -2.16. The highest BCUT2D eigenvalue weighted by Crippen LogP contribution is 2.06. The molecule has 0 aliphatic rings. The molecular formula is C30H47N7O11. The summed E-state index contributed by atoms with van der Waals surface area (Å²) >= 11 is 0. The van der Waals surface area contributed by atoms with E-state index in [0.29, 0.717) is 30.6 Å². The van der Waals surface area contributed by atoms with Crippen molar-refractivity contribution in [3.8, 4) is 0 Å². The highest BCUT2D eigenvalue weighted by atomic mass is 16.5. The number of carbonyl (C=O) groups is 7. The Morgan fingerprint density at radius 1 is 0.708 bits per heavy atom. The van der Waals surface area contributed by atoms with E-state index in [1.165, 1.54) is 7.05 Å².